The molecular weight excluding hydrogens is 669 g/mol. The highest BCUT2D eigenvalue weighted by Crippen LogP contribution is 2.44. The van der Waals surface area contributed by atoms with Gasteiger partial charge in [0.05, 0.1) is 16.7 Å². The van der Waals surface area contributed by atoms with Gasteiger partial charge in [0.25, 0.3) is 0 Å². The summed E-state index contributed by atoms with van der Waals surface area (Å²) >= 11 is 0. The van der Waals surface area contributed by atoms with Crippen LogP contribution < -0.4 is 4.90 Å². The highest BCUT2D eigenvalue weighted by Gasteiger charge is 2.20. The maximum absolute atomic E-state index is 6.26. The number of benzene rings is 9. The maximum atomic E-state index is 6.26. The first-order valence-corrected chi connectivity index (χ1v) is 18.8. The largest absolute Gasteiger partial charge is 0.456 e. The quantitative estimate of drug-likeness (QED) is 0.172. The van der Waals surface area contributed by atoms with E-state index < -0.39 is 0 Å². The van der Waals surface area contributed by atoms with Crippen molar-refractivity contribution < 1.29 is 4.42 Å². The van der Waals surface area contributed by atoms with Gasteiger partial charge in [0.2, 0.25) is 0 Å². The molecule has 11 aromatic rings. The standard InChI is InChI=1S/C52H34N2O/c1-2-14-37-33-38(28-27-35(37)13-1)42-17-3-7-22-47(42)53(39-31-29-36(30-32-39)43-21-12-26-51-52(43)46-20-6-10-25-50(46)55-51)40-15-11-16-41(34-40)54-48-23-8-4-18-44(48)45-19-5-9-24-49(45)54/h1-34H. The van der Waals surface area contributed by atoms with Gasteiger partial charge in [-0.05, 0) is 94.2 Å². The predicted octanol–water partition coefficient (Wildman–Crippen LogP) is 14.6. The number of aromatic nitrogens is 1. The normalized spacial score (nSPS) is 11.6. The predicted molar refractivity (Wildman–Crippen MR) is 231 cm³/mol. The molecule has 0 spiro atoms. The Hall–Kier alpha value is -7.36. The van der Waals surface area contributed by atoms with Crippen molar-refractivity contribution in [2.75, 3.05) is 4.90 Å². The van der Waals surface area contributed by atoms with Gasteiger partial charge in [-0.1, -0.05) is 140 Å². The molecule has 0 aliphatic heterocycles. The fourth-order valence-corrected chi connectivity index (χ4v) is 8.47. The lowest BCUT2D eigenvalue weighted by Crippen LogP contribution is -2.11. The van der Waals surface area contributed by atoms with E-state index in [-0.39, 0.29) is 0 Å². The lowest BCUT2D eigenvalue weighted by atomic mass is 9.97. The molecule has 0 saturated heterocycles. The molecule has 9 aromatic carbocycles. The molecule has 0 aliphatic rings. The van der Waals surface area contributed by atoms with Crippen LogP contribution in [0.5, 0.6) is 0 Å². The monoisotopic (exact) mass is 702 g/mol. The van der Waals surface area contributed by atoms with Crippen LogP contribution in [0.2, 0.25) is 0 Å². The van der Waals surface area contributed by atoms with Crippen molar-refractivity contribution >= 4 is 71.6 Å². The van der Waals surface area contributed by atoms with Crippen LogP contribution in [-0.4, -0.2) is 4.57 Å². The lowest BCUT2D eigenvalue weighted by molar-refractivity contribution is 0.669. The van der Waals surface area contributed by atoms with E-state index in [4.69, 9.17) is 4.42 Å². The van der Waals surface area contributed by atoms with Crippen molar-refractivity contribution in [1.29, 1.82) is 0 Å². The zero-order valence-electron chi connectivity index (χ0n) is 29.9. The van der Waals surface area contributed by atoms with Crippen LogP contribution in [0, 0.1) is 0 Å². The van der Waals surface area contributed by atoms with Gasteiger partial charge in [-0.2, -0.15) is 0 Å². The number of hydrogen-bond acceptors (Lipinski definition) is 2. The van der Waals surface area contributed by atoms with Gasteiger partial charge < -0.3 is 13.9 Å². The molecule has 3 heteroatoms. The van der Waals surface area contributed by atoms with E-state index in [0.717, 1.165) is 61.4 Å². The maximum Gasteiger partial charge on any atom is 0.136 e. The Labute approximate surface area is 318 Å². The number of fused-ring (bicyclic) bond motifs is 7. The van der Waals surface area contributed by atoms with Crippen LogP contribution in [0.3, 0.4) is 0 Å². The Morgan fingerprint density at radius 3 is 1.82 bits per heavy atom. The number of furan rings is 1. The summed E-state index contributed by atoms with van der Waals surface area (Å²) in [5, 5.41) is 7.22. The van der Waals surface area contributed by atoms with Crippen LogP contribution in [0.4, 0.5) is 17.1 Å². The van der Waals surface area contributed by atoms with E-state index in [1.165, 1.54) is 38.1 Å². The number of rotatable bonds is 6. The molecule has 3 nitrogen and oxygen atoms in total. The molecule has 11 rings (SSSR count). The first-order valence-electron chi connectivity index (χ1n) is 18.8. The Kier molecular flexibility index (Phi) is 7.17. The molecule has 258 valence electrons. The minimum absolute atomic E-state index is 0.899. The molecular formula is C52H34N2O. The Morgan fingerprint density at radius 1 is 0.382 bits per heavy atom. The molecule has 2 heterocycles. The summed E-state index contributed by atoms with van der Waals surface area (Å²) in [7, 11) is 0. The molecule has 0 bridgehead atoms. The van der Waals surface area contributed by atoms with E-state index in [1.54, 1.807) is 0 Å². The van der Waals surface area contributed by atoms with Gasteiger partial charge in [0, 0.05) is 44.2 Å². The number of nitrogens with zero attached hydrogens (tertiary/aromatic N) is 2. The van der Waals surface area contributed by atoms with Crippen molar-refractivity contribution in [2.24, 2.45) is 0 Å². The molecule has 0 unspecified atom stereocenters. The molecule has 0 amide bonds. The number of para-hydroxylation sites is 4. The zero-order chi connectivity index (χ0) is 36.3. The van der Waals surface area contributed by atoms with Gasteiger partial charge in [-0.3, -0.25) is 0 Å². The van der Waals surface area contributed by atoms with Crippen LogP contribution in [0.15, 0.2) is 211 Å². The third-order valence-corrected chi connectivity index (χ3v) is 11.0. The van der Waals surface area contributed by atoms with E-state index in [0.29, 0.717) is 0 Å². The second-order valence-electron chi connectivity index (χ2n) is 14.1. The molecule has 0 saturated carbocycles. The van der Waals surface area contributed by atoms with Crippen LogP contribution >= 0.6 is 0 Å². The minimum atomic E-state index is 0.899. The average molecular weight is 703 g/mol. The second kappa shape index (κ2) is 12.6. The summed E-state index contributed by atoms with van der Waals surface area (Å²) in [5.41, 5.74) is 13.2. The van der Waals surface area contributed by atoms with Gasteiger partial charge in [0.1, 0.15) is 11.2 Å². The van der Waals surface area contributed by atoms with E-state index in [2.05, 4.69) is 204 Å². The molecule has 0 radical (unpaired) electrons. The van der Waals surface area contributed by atoms with Crippen molar-refractivity contribution in [3.05, 3.63) is 206 Å². The Morgan fingerprint density at radius 2 is 1.00 bits per heavy atom. The molecule has 55 heavy (non-hydrogen) atoms. The highest BCUT2D eigenvalue weighted by molar-refractivity contribution is 6.12. The molecule has 0 aliphatic carbocycles. The first kappa shape index (κ1) is 31.2. The zero-order valence-corrected chi connectivity index (χ0v) is 29.9. The third kappa shape index (κ3) is 5.13. The molecule has 0 N–H and O–H groups in total. The summed E-state index contributed by atoms with van der Waals surface area (Å²) in [5.74, 6) is 0. The number of hydrogen-bond donors (Lipinski definition) is 0. The second-order valence-corrected chi connectivity index (χ2v) is 14.1. The lowest BCUT2D eigenvalue weighted by Gasteiger charge is -2.28. The van der Waals surface area contributed by atoms with E-state index >= 15 is 0 Å². The first-order chi connectivity index (χ1) is 27.3. The van der Waals surface area contributed by atoms with Crippen LogP contribution in [0.1, 0.15) is 0 Å². The van der Waals surface area contributed by atoms with Gasteiger partial charge in [-0.15, -0.1) is 0 Å². The smallest absolute Gasteiger partial charge is 0.136 e. The third-order valence-electron chi connectivity index (χ3n) is 11.0. The number of anilines is 3. The Bertz CT molecular complexity index is 3170. The van der Waals surface area contributed by atoms with Crippen molar-refractivity contribution in [2.45, 2.75) is 0 Å². The highest BCUT2D eigenvalue weighted by atomic mass is 16.3. The molecule has 0 atom stereocenters. The van der Waals surface area contributed by atoms with Crippen molar-refractivity contribution in [3.63, 3.8) is 0 Å². The average Bonchev–Trinajstić information content (AvgIpc) is 3.80. The fourth-order valence-electron chi connectivity index (χ4n) is 8.47. The summed E-state index contributed by atoms with van der Waals surface area (Å²) in [6.07, 6.45) is 0. The van der Waals surface area contributed by atoms with Gasteiger partial charge in [0.15, 0.2) is 0 Å². The van der Waals surface area contributed by atoms with Crippen LogP contribution in [-0.2, 0) is 0 Å². The summed E-state index contributed by atoms with van der Waals surface area (Å²) in [6.45, 7) is 0. The Balaban J connectivity index is 1.11. The van der Waals surface area contributed by atoms with Crippen molar-refractivity contribution in [1.82, 2.24) is 4.57 Å². The van der Waals surface area contributed by atoms with E-state index in [9.17, 15) is 0 Å². The SMILES string of the molecule is c1cc(N(c2ccc(-c3cccc4oc5ccccc5c34)cc2)c2ccccc2-c2ccc3ccccc3c2)cc(-n2c3ccccc3c3ccccc32)c1. The molecule has 0 fully saturated rings. The van der Waals surface area contributed by atoms with Gasteiger partial charge >= 0.3 is 0 Å². The molecule has 2 aromatic heterocycles. The minimum Gasteiger partial charge on any atom is -0.456 e. The van der Waals surface area contributed by atoms with Crippen LogP contribution in [0.25, 0.3) is 82.5 Å². The van der Waals surface area contributed by atoms with E-state index in [1.807, 2.05) is 12.1 Å². The summed E-state index contributed by atoms with van der Waals surface area (Å²) < 4.78 is 8.65. The van der Waals surface area contributed by atoms with Crippen molar-refractivity contribution in [3.8, 4) is 27.9 Å². The topological polar surface area (TPSA) is 21.3 Å². The summed E-state index contributed by atoms with van der Waals surface area (Å²) in [4.78, 5) is 2.40. The fraction of sp³-hybridized carbons (Fsp3) is 0. The van der Waals surface area contributed by atoms with Gasteiger partial charge in [-0.25, -0.2) is 0 Å². The summed E-state index contributed by atoms with van der Waals surface area (Å²) in [6, 6.07) is 74.1.